The monoisotopic (exact) mass is 1220 g/mol. The first kappa shape index (κ1) is 84.9. The van der Waals surface area contributed by atoms with Gasteiger partial charge in [0.25, 0.3) is 0 Å². The molecule has 0 saturated carbocycles. The molecule has 0 atom stereocenters. The number of nitrogens with zero attached hydrogens (tertiary/aromatic N) is 2. The Balaban J connectivity index is 8.91. The standard InChI is InChI=1S/C84H152N2O2/c1-9-17-25-33-41-49-57-65-73-83(74-66-58-50-42-34-26-18-10-2,81(87)85(77-69-61-53-45-37-29-21-13-5)78-70-62-54-46-38-30-22-14-6)84(75-67-59-51-43-35-27-19-11-3,76-68-60-52-44-36-28-20-12-4)82(88)86(79-71-63-55-47-39-31-23-15-7)80-72-64-56-48-40-32-24-16-8/h49-64H,9-48,65-80H2,1-8H3/b57-49+,58-50+,59-51+,60-52+,61-53+,62-54+,63-55+,64-56+. The number of hydrogen-bond donors (Lipinski definition) is 0. The van der Waals surface area contributed by atoms with Gasteiger partial charge in [0.15, 0.2) is 0 Å². The summed E-state index contributed by atoms with van der Waals surface area (Å²) < 4.78 is 0. The molecule has 0 aromatic heterocycles. The van der Waals surface area contributed by atoms with E-state index in [-0.39, 0.29) is 11.8 Å². The van der Waals surface area contributed by atoms with E-state index in [0.717, 1.165) is 103 Å². The van der Waals surface area contributed by atoms with Crippen LogP contribution in [0.1, 0.15) is 389 Å². The molecule has 0 rings (SSSR count). The van der Waals surface area contributed by atoms with Crippen LogP contribution >= 0.6 is 0 Å². The van der Waals surface area contributed by atoms with Gasteiger partial charge < -0.3 is 9.80 Å². The second kappa shape index (κ2) is 66.8. The fourth-order valence-electron chi connectivity index (χ4n) is 12.9. The highest BCUT2D eigenvalue weighted by molar-refractivity contribution is 5.94. The van der Waals surface area contributed by atoms with Crippen LogP contribution < -0.4 is 0 Å². The van der Waals surface area contributed by atoms with Gasteiger partial charge in [0.2, 0.25) is 11.8 Å². The van der Waals surface area contributed by atoms with E-state index in [1.165, 1.54) is 205 Å². The molecule has 0 saturated heterocycles. The Bertz CT molecular complexity index is 1510. The third-order valence-electron chi connectivity index (χ3n) is 18.7. The van der Waals surface area contributed by atoms with Crippen molar-refractivity contribution in [3.8, 4) is 0 Å². The topological polar surface area (TPSA) is 40.6 Å². The van der Waals surface area contributed by atoms with Gasteiger partial charge in [-0.3, -0.25) is 9.59 Å². The maximum Gasteiger partial charge on any atom is 0.229 e. The lowest BCUT2D eigenvalue weighted by Gasteiger charge is -2.52. The van der Waals surface area contributed by atoms with Gasteiger partial charge in [-0.05, 0) is 180 Å². The van der Waals surface area contributed by atoms with Crippen LogP contribution in [0.2, 0.25) is 0 Å². The second-order valence-electron chi connectivity index (χ2n) is 26.6. The maximum atomic E-state index is 17.4. The average molecular weight is 1220 g/mol. The SMILES string of the molecule is CCCCCC/C=C/CCN(CC/C=C/CCCCCC)C(=O)C(CC/C=C/CCCCCC)(CC/C=C/CCCCCC)C(CC/C=C/CCCCCC)(CC/C=C/CCCCCC)C(=O)N(CC/C=C/CCCCCC)CC/C=C/CCCCCC. The van der Waals surface area contributed by atoms with Gasteiger partial charge in [-0.15, -0.1) is 0 Å². The summed E-state index contributed by atoms with van der Waals surface area (Å²) in [5.41, 5.74) is -1.85. The molecular formula is C84H152N2O2. The number of hydrogen-bond acceptors (Lipinski definition) is 2. The van der Waals surface area contributed by atoms with E-state index in [1.54, 1.807) is 0 Å². The van der Waals surface area contributed by atoms with Gasteiger partial charge in [0, 0.05) is 26.2 Å². The fraction of sp³-hybridized carbons (Fsp3) is 0.786. The van der Waals surface area contributed by atoms with E-state index < -0.39 is 10.8 Å². The smallest absolute Gasteiger partial charge is 0.229 e. The molecular weight excluding hydrogens is 1070 g/mol. The van der Waals surface area contributed by atoms with Crippen LogP contribution in [0.15, 0.2) is 97.2 Å². The fourth-order valence-corrected chi connectivity index (χ4v) is 12.9. The van der Waals surface area contributed by atoms with E-state index in [0.29, 0.717) is 51.9 Å². The number of allylic oxidation sites excluding steroid dienone is 12. The molecule has 0 unspecified atom stereocenters. The summed E-state index contributed by atoms with van der Waals surface area (Å²) in [6.07, 6.45) is 96.7. The number of carbonyl (C=O) groups excluding carboxylic acids is 2. The highest BCUT2D eigenvalue weighted by Crippen LogP contribution is 2.56. The number of rotatable bonds is 67. The summed E-state index contributed by atoms with van der Waals surface area (Å²) in [6.45, 7) is 21.1. The van der Waals surface area contributed by atoms with Crippen molar-refractivity contribution >= 4 is 11.8 Å². The summed E-state index contributed by atoms with van der Waals surface area (Å²) in [5.74, 6) is 0.513. The molecule has 0 aromatic rings. The Labute approximate surface area is 551 Å². The lowest BCUT2D eigenvalue weighted by molar-refractivity contribution is -0.170. The van der Waals surface area contributed by atoms with Crippen molar-refractivity contribution < 1.29 is 9.59 Å². The zero-order valence-corrected chi connectivity index (χ0v) is 60.5. The highest BCUT2D eigenvalue weighted by Gasteiger charge is 2.60. The first-order valence-electron chi connectivity index (χ1n) is 39.1. The zero-order valence-electron chi connectivity index (χ0n) is 60.5. The highest BCUT2D eigenvalue weighted by atomic mass is 16.2. The van der Waals surface area contributed by atoms with Crippen molar-refractivity contribution in [3.05, 3.63) is 97.2 Å². The quantitative estimate of drug-likeness (QED) is 0.0450. The molecule has 0 spiro atoms. The zero-order chi connectivity index (χ0) is 64.2. The Morgan fingerprint density at radius 3 is 0.511 bits per heavy atom. The second-order valence-corrected chi connectivity index (χ2v) is 26.6. The average Bonchev–Trinajstić information content (AvgIpc) is 0.882. The van der Waals surface area contributed by atoms with E-state index >= 15 is 9.59 Å². The molecule has 2 amide bonds. The van der Waals surface area contributed by atoms with E-state index in [4.69, 9.17) is 0 Å². The van der Waals surface area contributed by atoms with Crippen LogP contribution in [-0.4, -0.2) is 47.8 Å². The Kier molecular flexibility index (Phi) is 64.4. The van der Waals surface area contributed by atoms with Crippen molar-refractivity contribution in [1.82, 2.24) is 9.80 Å². The molecule has 4 heteroatoms. The van der Waals surface area contributed by atoms with Crippen molar-refractivity contribution in [3.63, 3.8) is 0 Å². The summed E-state index contributed by atoms with van der Waals surface area (Å²) in [4.78, 5) is 39.4. The van der Waals surface area contributed by atoms with Crippen molar-refractivity contribution in [2.45, 2.75) is 389 Å². The van der Waals surface area contributed by atoms with Crippen molar-refractivity contribution in [2.24, 2.45) is 10.8 Å². The van der Waals surface area contributed by atoms with Gasteiger partial charge in [-0.25, -0.2) is 0 Å². The van der Waals surface area contributed by atoms with Gasteiger partial charge in [-0.1, -0.05) is 307 Å². The summed E-state index contributed by atoms with van der Waals surface area (Å²) in [6, 6.07) is 0. The van der Waals surface area contributed by atoms with Gasteiger partial charge in [0.05, 0.1) is 10.8 Å². The Morgan fingerprint density at radius 1 is 0.205 bits per heavy atom. The predicted octanol–water partition coefficient (Wildman–Crippen LogP) is 27.5. The lowest BCUT2D eigenvalue weighted by atomic mass is 9.53. The van der Waals surface area contributed by atoms with E-state index in [9.17, 15) is 0 Å². The van der Waals surface area contributed by atoms with E-state index in [1.807, 2.05) is 0 Å². The van der Waals surface area contributed by atoms with Gasteiger partial charge in [0.1, 0.15) is 0 Å². The lowest BCUT2D eigenvalue weighted by Crippen LogP contribution is -2.60. The largest absolute Gasteiger partial charge is 0.342 e. The van der Waals surface area contributed by atoms with Crippen molar-refractivity contribution in [1.29, 1.82) is 0 Å². The first-order valence-corrected chi connectivity index (χ1v) is 39.1. The summed E-state index contributed by atoms with van der Waals surface area (Å²) in [7, 11) is 0. The molecule has 0 aliphatic heterocycles. The molecule has 0 bridgehead atoms. The predicted molar refractivity (Wildman–Crippen MR) is 397 cm³/mol. The number of carbonyl (C=O) groups is 2. The minimum atomic E-state index is -0.927. The van der Waals surface area contributed by atoms with Crippen LogP contribution in [-0.2, 0) is 9.59 Å². The molecule has 0 fully saturated rings. The summed E-state index contributed by atoms with van der Waals surface area (Å²) in [5, 5.41) is 0. The van der Waals surface area contributed by atoms with Crippen LogP contribution in [0.3, 0.4) is 0 Å². The number of unbranched alkanes of at least 4 members (excludes halogenated alkanes) is 32. The molecule has 0 aromatic carbocycles. The first-order chi connectivity index (χ1) is 43.4. The molecule has 0 heterocycles. The third-order valence-corrected chi connectivity index (χ3v) is 18.7. The molecule has 4 nitrogen and oxygen atoms in total. The van der Waals surface area contributed by atoms with E-state index in [2.05, 4.69) is 162 Å². The summed E-state index contributed by atoms with van der Waals surface area (Å²) >= 11 is 0. The number of amides is 2. The van der Waals surface area contributed by atoms with Crippen LogP contribution in [0.4, 0.5) is 0 Å². The Hall–Kier alpha value is -3.14. The van der Waals surface area contributed by atoms with Crippen LogP contribution in [0.25, 0.3) is 0 Å². The molecule has 510 valence electrons. The molecule has 0 radical (unpaired) electrons. The molecule has 88 heavy (non-hydrogen) atoms. The minimum absolute atomic E-state index is 0.257. The Morgan fingerprint density at radius 2 is 0.352 bits per heavy atom. The normalized spacial score (nSPS) is 12.8. The minimum Gasteiger partial charge on any atom is -0.342 e. The van der Waals surface area contributed by atoms with Gasteiger partial charge >= 0.3 is 0 Å². The van der Waals surface area contributed by atoms with Crippen LogP contribution in [0, 0.1) is 10.8 Å². The van der Waals surface area contributed by atoms with Crippen LogP contribution in [0.5, 0.6) is 0 Å². The molecule has 0 aliphatic carbocycles. The van der Waals surface area contributed by atoms with Gasteiger partial charge in [-0.2, -0.15) is 0 Å². The molecule has 0 aliphatic rings. The third kappa shape index (κ3) is 46.0. The van der Waals surface area contributed by atoms with Crippen molar-refractivity contribution in [2.75, 3.05) is 26.2 Å². The maximum absolute atomic E-state index is 17.4. The molecule has 0 N–H and O–H groups in total.